The summed E-state index contributed by atoms with van der Waals surface area (Å²) in [7, 11) is 0. The molecule has 1 aromatic carbocycles. The maximum absolute atomic E-state index is 12.9. The number of fused-ring (bicyclic) bond motifs is 2. The first-order valence-electron chi connectivity index (χ1n) is 9.78. The van der Waals surface area contributed by atoms with Crippen LogP contribution in [0.3, 0.4) is 0 Å². The SMILES string of the molecule is O=C(NC1CCC2CC21)c1cc(-c2ccco2)nc2ccccc12.O=C(O)C(F)(F)F. The Balaban J connectivity index is 0.000000289. The first-order chi connectivity index (χ1) is 14.7. The van der Waals surface area contributed by atoms with Crippen LogP contribution >= 0.6 is 0 Å². The summed E-state index contributed by atoms with van der Waals surface area (Å²) in [6, 6.07) is 13.6. The van der Waals surface area contributed by atoms with Crippen LogP contribution in [-0.2, 0) is 4.79 Å². The van der Waals surface area contributed by atoms with Gasteiger partial charge in [0.2, 0.25) is 0 Å². The molecule has 6 nitrogen and oxygen atoms in total. The predicted octanol–water partition coefficient (Wildman–Crippen LogP) is 4.66. The van der Waals surface area contributed by atoms with Gasteiger partial charge in [0.05, 0.1) is 17.3 Å². The lowest BCUT2D eigenvalue weighted by Gasteiger charge is -2.15. The predicted molar refractivity (Wildman–Crippen MR) is 105 cm³/mol. The third kappa shape index (κ3) is 4.55. The lowest BCUT2D eigenvalue weighted by atomic mass is 10.0. The zero-order chi connectivity index (χ0) is 22.2. The van der Waals surface area contributed by atoms with E-state index in [0.717, 1.165) is 23.2 Å². The van der Waals surface area contributed by atoms with Crippen LogP contribution in [-0.4, -0.2) is 34.2 Å². The zero-order valence-electron chi connectivity index (χ0n) is 16.2. The molecule has 31 heavy (non-hydrogen) atoms. The standard InChI is InChI=1S/C20H18N2O2.C2HF3O2/c23-20(22-17-8-7-12-10-14(12)17)15-11-18(19-6-3-9-24-19)21-16-5-2-1-4-13(15)16;3-2(4,5)1(6)7/h1-6,9,11-12,14,17H,7-8,10H2,(H,22,23);(H,6,7). The van der Waals surface area contributed by atoms with Crippen molar-refractivity contribution in [3.05, 3.63) is 54.3 Å². The number of aromatic nitrogens is 1. The topological polar surface area (TPSA) is 92.4 Å². The van der Waals surface area contributed by atoms with E-state index in [9.17, 15) is 18.0 Å². The van der Waals surface area contributed by atoms with Gasteiger partial charge in [0.15, 0.2) is 5.76 Å². The molecule has 0 aliphatic heterocycles. The minimum absolute atomic E-state index is 0.000967. The van der Waals surface area contributed by atoms with Gasteiger partial charge in [-0.3, -0.25) is 4.79 Å². The maximum atomic E-state index is 12.9. The molecule has 0 bridgehead atoms. The number of para-hydroxylation sites is 1. The quantitative estimate of drug-likeness (QED) is 0.628. The fraction of sp³-hybridized carbons (Fsp3) is 0.318. The summed E-state index contributed by atoms with van der Waals surface area (Å²) in [4.78, 5) is 26.5. The fourth-order valence-electron chi connectivity index (χ4n) is 4.04. The summed E-state index contributed by atoms with van der Waals surface area (Å²) >= 11 is 0. The fourth-order valence-corrected chi connectivity index (χ4v) is 4.04. The molecule has 3 atom stereocenters. The molecule has 2 aliphatic carbocycles. The Morgan fingerprint density at radius 1 is 1.13 bits per heavy atom. The van der Waals surface area contributed by atoms with Gasteiger partial charge in [-0.2, -0.15) is 13.2 Å². The van der Waals surface area contributed by atoms with Gasteiger partial charge in [-0.25, -0.2) is 9.78 Å². The van der Waals surface area contributed by atoms with Crippen molar-refractivity contribution >= 4 is 22.8 Å². The average molecular weight is 432 g/mol. The molecule has 0 radical (unpaired) electrons. The van der Waals surface area contributed by atoms with Gasteiger partial charge in [-0.15, -0.1) is 0 Å². The molecule has 0 spiro atoms. The molecule has 2 N–H and O–H groups in total. The van der Waals surface area contributed by atoms with Crippen LogP contribution in [0.25, 0.3) is 22.4 Å². The number of benzene rings is 1. The molecule has 2 aromatic heterocycles. The maximum Gasteiger partial charge on any atom is 0.490 e. The highest BCUT2D eigenvalue weighted by atomic mass is 19.4. The van der Waals surface area contributed by atoms with E-state index in [-0.39, 0.29) is 5.91 Å². The molecule has 3 unspecified atom stereocenters. The van der Waals surface area contributed by atoms with E-state index < -0.39 is 12.1 Å². The molecule has 9 heteroatoms. The Kier molecular flexibility index (Phi) is 5.43. The van der Waals surface area contributed by atoms with Crippen molar-refractivity contribution in [3.8, 4) is 11.5 Å². The lowest BCUT2D eigenvalue weighted by molar-refractivity contribution is -0.192. The van der Waals surface area contributed by atoms with Crippen LogP contribution < -0.4 is 5.32 Å². The van der Waals surface area contributed by atoms with Crippen molar-refractivity contribution in [2.45, 2.75) is 31.5 Å². The van der Waals surface area contributed by atoms with Crippen molar-refractivity contribution in [3.63, 3.8) is 0 Å². The Labute approximate surface area is 175 Å². The van der Waals surface area contributed by atoms with E-state index >= 15 is 0 Å². The van der Waals surface area contributed by atoms with Gasteiger partial charge >= 0.3 is 12.1 Å². The first kappa shape index (κ1) is 20.9. The molecule has 2 heterocycles. The number of halogens is 3. The number of carboxylic acids is 1. The van der Waals surface area contributed by atoms with E-state index in [2.05, 4.69) is 10.3 Å². The molecular weight excluding hydrogens is 413 g/mol. The van der Waals surface area contributed by atoms with Gasteiger partial charge in [0.25, 0.3) is 5.91 Å². The Morgan fingerprint density at radius 2 is 1.87 bits per heavy atom. The van der Waals surface area contributed by atoms with Crippen LogP contribution in [0.4, 0.5) is 13.2 Å². The van der Waals surface area contributed by atoms with E-state index in [1.165, 1.54) is 12.8 Å². The Morgan fingerprint density at radius 3 is 2.45 bits per heavy atom. The zero-order valence-corrected chi connectivity index (χ0v) is 16.2. The van der Waals surface area contributed by atoms with Crippen molar-refractivity contribution < 1.29 is 32.3 Å². The molecule has 162 valence electrons. The number of rotatable bonds is 3. The molecule has 2 fully saturated rings. The second kappa shape index (κ2) is 8.05. The van der Waals surface area contributed by atoms with Gasteiger partial charge in [0, 0.05) is 11.4 Å². The Hall–Kier alpha value is -3.36. The summed E-state index contributed by atoms with van der Waals surface area (Å²) in [6.07, 6.45) is 0.177. The molecule has 5 rings (SSSR count). The van der Waals surface area contributed by atoms with Crippen LogP contribution in [0, 0.1) is 11.8 Å². The summed E-state index contributed by atoms with van der Waals surface area (Å²) in [5, 5.41) is 11.3. The summed E-state index contributed by atoms with van der Waals surface area (Å²) in [6.45, 7) is 0. The number of nitrogens with one attached hydrogen (secondary N) is 1. The van der Waals surface area contributed by atoms with E-state index in [1.807, 2.05) is 42.5 Å². The largest absolute Gasteiger partial charge is 0.490 e. The molecule has 1 amide bonds. The summed E-state index contributed by atoms with van der Waals surface area (Å²) in [5.41, 5.74) is 2.18. The minimum atomic E-state index is -5.08. The van der Waals surface area contributed by atoms with Gasteiger partial charge < -0.3 is 14.8 Å². The number of pyridine rings is 1. The highest BCUT2D eigenvalue weighted by Crippen LogP contribution is 2.51. The van der Waals surface area contributed by atoms with Crippen molar-refractivity contribution in [1.29, 1.82) is 0 Å². The highest BCUT2D eigenvalue weighted by molar-refractivity contribution is 6.07. The smallest absolute Gasteiger partial charge is 0.475 e. The summed E-state index contributed by atoms with van der Waals surface area (Å²) in [5.74, 6) is -0.529. The number of amides is 1. The number of hydrogen-bond donors (Lipinski definition) is 2. The number of aliphatic carboxylic acids is 1. The molecule has 3 aromatic rings. The normalized spacial score (nSPS) is 21.7. The Bertz CT molecular complexity index is 1110. The minimum Gasteiger partial charge on any atom is -0.475 e. The lowest BCUT2D eigenvalue weighted by Crippen LogP contribution is -2.35. The number of nitrogens with zero attached hydrogens (tertiary/aromatic N) is 1. The number of carbonyl (C=O) groups is 2. The van der Waals surface area contributed by atoms with Gasteiger partial charge in [-0.05, 0) is 55.4 Å². The van der Waals surface area contributed by atoms with Crippen molar-refractivity contribution in [2.24, 2.45) is 11.8 Å². The van der Waals surface area contributed by atoms with E-state index in [4.69, 9.17) is 14.3 Å². The van der Waals surface area contributed by atoms with Crippen LogP contribution in [0.1, 0.15) is 29.6 Å². The van der Waals surface area contributed by atoms with Crippen LogP contribution in [0.5, 0.6) is 0 Å². The molecular formula is C22H19F3N2O4. The van der Waals surface area contributed by atoms with Gasteiger partial charge in [-0.1, -0.05) is 18.2 Å². The van der Waals surface area contributed by atoms with E-state index in [1.54, 1.807) is 6.26 Å². The monoisotopic (exact) mass is 432 g/mol. The number of carbonyl (C=O) groups excluding carboxylic acids is 1. The number of alkyl halides is 3. The van der Waals surface area contributed by atoms with Crippen LogP contribution in [0.2, 0.25) is 0 Å². The summed E-state index contributed by atoms with van der Waals surface area (Å²) < 4.78 is 37.2. The van der Waals surface area contributed by atoms with Crippen molar-refractivity contribution in [1.82, 2.24) is 10.3 Å². The van der Waals surface area contributed by atoms with Crippen LogP contribution in [0.15, 0.2) is 53.1 Å². The second-order valence-corrected chi connectivity index (χ2v) is 7.67. The molecule has 0 saturated heterocycles. The molecule has 2 saturated carbocycles. The van der Waals surface area contributed by atoms with Gasteiger partial charge in [0.1, 0.15) is 5.69 Å². The second-order valence-electron chi connectivity index (χ2n) is 7.67. The average Bonchev–Trinajstić information content (AvgIpc) is 3.11. The van der Waals surface area contributed by atoms with Crippen molar-refractivity contribution in [2.75, 3.05) is 0 Å². The molecule has 2 aliphatic rings. The van der Waals surface area contributed by atoms with E-state index in [0.29, 0.717) is 29.0 Å². The number of furan rings is 1. The first-order valence-corrected chi connectivity index (χ1v) is 9.78. The third-order valence-corrected chi connectivity index (χ3v) is 5.64. The number of carboxylic acid groups (broad SMARTS) is 1. The third-order valence-electron chi connectivity index (χ3n) is 5.64. The number of hydrogen-bond acceptors (Lipinski definition) is 4. The highest BCUT2D eigenvalue weighted by Gasteiger charge is 2.48.